The van der Waals surface area contributed by atoms with Crippen molar-refractivity contribution < 1.29 is 4.79 Å². The molecule has 0 fully saturated rings. The third-order valence-electron chi connectivity index (χ3n) is 4.75. The number of carbonyl (C=O) groups is 1. The Bertz CT molecular complexity index is 1050. The Morgan fingerprint density at radius 1 is 1.07 bits per heavy atom. The highest BCUT2D eigenvalue weighted by molar-refractivity contribution is 5.94. The molecular weight excluding hydrogens is 374 g/mol. The van der Waals surface area contributed by atoms with Gasteiger partial charge in [-0.05, 0) is 63.5 Å². The standard InChI is InChI=1S/C24H27N5O/c1-5-18-11-13-19(14-12-18)24(30)29(4)17-22-26-21-10-7-6-9-20(21)23(27-22)25-15-8-16-28(2)3/h1,6-7,9-14H,8,15-17H2,2-4H3,(H,25,26,27). The molecule has 0 radical (unpaired) electrons. The normalized spacial score (nSPS) is 10.8. The van der Waals surface area contributed by atoms with Crippen LogP contribution in [-0.4, -0.2) is 59.9 Å². The number of aromatic nitrogens is 2. The van der Waals surface area contributed by atoms with Crippen molar-refractivity contribution >= 4 is 22.6 Å². The summed E-state index contributed by atoms with van der Waals surface area (Å²) in [6.45, 7) is 2.13. The first-order valence-corrected chi connectivity index (χ1v) is 9.94. The summed E-state index contributed by atoms with van der Waals surface area (Å²) in [7, 11) is 5.87. The summed E-state index contributed by atoms with van der Waals surface area (Å²) in [6.07, 6.45) is 6.39. The number of nitrogens with zero attached hydrogens (tertiary/aromatic N) is 4. The second kappa shape index (κ2) is 9.86. The molecule has 1 heterocycles. The molecule has 2 aromatic carbocycles. The predicted octanol–water partition coefficient (Wildman–Crippen LogP) is 3.25. The molecule has 1 aromatic heterocycles. The summed E-state index contributed by atoms with van der Waals surface area (Å²) in [6, 6.07) is 14.9. The van der Waals surface area contributed by atoms with Crippen molar-refractivity contribution in [3.8, 4) is 12.3 Å². The van der Waals surface area contributed by atoms with Gasteiger partial charge in [0.2, 0.25) is 0 Å². The van der Waals surface area contributed by atoms with Gasteiger partial charge >= 0.3 is 0 Å². The van der Waals surface area contributed by atoms with E-state index in [1.807, 2.05) is 24.3 Å². The maximum absolute atomic E-state index is 12.8. The molecule has 154 valence electrons. The number of hydrogen-bond donors (Lipinski definition) is 1. The Balaban J connectivity index is 1.77. The summed E-state index contributed by atoms with van der Waals surface area (Å²) < 4.78 is 0. The van der Waals surface area contributed by atoms with Crippen LogP contribution in [0.25, 0.3) is 10.9 Å². The van der Waals surface area contributed by atoms with Gasteiger partial charge in [0.1, 0.15) is 5.82 Å². The van der Waals surface area contributed by atoms with Gasteiger partial charge in [0.15, 0.2) is 5.82 Å². The van der Waals surface area contributed by atoms with E-state index in [2.05, 4.69) is 35.2 Å². The number of nitrogens with one attached hydrogen (secondary N) is 1. The molecule has 6 nitrogen and oxygen atoms in total. The number of terminal acetylenes is 1. The smallest absolute Gasteiger partial charge is 0.254 e. The van der Waals surface area contributed by atoms with Crippen LogP contribution in [0.1, 0.15) is 28.2 Å². The van der Waals surface area contributed by atoms with Gasteiger partial charge in [0, 0.05) is 30.1 Å². The molecule has 0 spiro atoms. The zero-order chi connectivity index (χ0) is 21.5. The van der Waals surface area contributed by atoms with E-state index in [0.717, 1.165) is 41.8 Å². The van der Waals surface area contributed by atoms with Gasteiger partial charge in [-0.15, -0.1) is 6.42 Å². The summed E-state index contributed by atoms with van der Waals surface area (Å²) >= 11 is 0. The molecule has 0 bridgehead atoms. The monoisotopic (exact) mass is 401 g/mol. The first-order valence-electron chi connectivity index (χ1n) is 9.94. The van der Waals surface area contributed by atoms with Crippen molar-refractivity contribution in [3.05, 3.63) is 65.5 Å². The van der Waals surface area contributed by atoms with Crippen molar-refractivity contribution in [1.29, 1.82) is 0 Å². The van der Waals surface area contributed by atoms with Crippen LogP contribution in [0.2, 0.25) is 0 Å². The van der Waals surface area contributed by atoms with Gasteiger partial charge in [0.25, 0.3) is 5.91 Å². The lowest BCUT2D eigenvalue weighted by Gasteiger charge is -2.18. The number of fused-ring (bicyclic) bond motifs is 1. The average Bonchev–Trinajstić information content (AvgIpc) is 2.76. The maximum Gasteiger partial charge on any atom is 0.254 e. The lowest BCUT2D eigenvalue weighted by Crippen LogP contribution is -2.27. The van der Waals surface area contributed by atoms with E-state index in [1.165, 1.54) is 0 Å². The number of hydrogen-bond acceptors (Lipinski definition) is 5. The first-order chi connectivity index (χ1) is 14.5. The SMILES string of the molecule is C#Cc1ccc(C(=O)N(C)Cc2nc(NCCCN(C)C)c3ccccc3n2)cc1. The van der Waals surface area contributed by atoms with Gasteiger partial charge < -0.3 is 15.1 Å². The molecule has 0 atom stereocenters. The lowest BCUT2D eigenvalue weighted by atomic mass is 10.1. The van der Waals surface area contributed by atoms with Crippen LogP contribution in [-0.2, 0) is 6.54 Å². The van der Waals surface area contributed by atoms with Crippen LogP contribution in [0.3, 0.4) is 0 Å². The van der Waals surface area contributed by atoms with Gasteiger partial charge in [-0.3, -0.25) is 4.79 Å². The highest BCUT2D eigenvalue weighted by Crippen LogP contribution is 2.21. The number of anilines is 1. The molecule has 0 aliphatic carbocycles. The van der Waals surface area contributed by atoms with Gasteiger partial charge in [-0.25, -0.2) is 9.97 Å². The predicted molar refractivity (Wildman–Crippen MR) is 121 cm³/mol. The van der Waals surface area contributed by atoms with Crippen LogP contribution in [0.4, 0.5) is 5.82 Å². The molecule has 1 N–H and O–H groups in total. The van der Waals surface area contributed by atoms with Crippen LogP contribution >= 0.6 is 0 Å². The number of carbonyl (C=O) groups excluding carboxylic acids is 1. The highest BCUT2D eigenvalue weighted by atomic mass is 16.2. The second-order valence-corrected chi connectivity index (χ2v) is 7.47. The molecule has 0 aliphatic heterocycles. The fourth-order valence-electron chi connectivity index (χ4n) is 3.15. The third-order valence-corrected chi connectivity index (χ3v) is 4.75. The summed E-state index contributed by atoms with van der Waals surface area (Å²) in [5.41, 5.74) is 2.19. The molecule has 30 heavy (non-hydrogen) atoms. The molecule has 0 unspecified atom stereocenters. The van der Waals surface area contributed by atoms with Crippen LogP contribution < -0.4 is 5.32 Å². The fraction of sp³-hybridized carbons (Fsp3) is 0.292. The molecule has 6 heteroatoms. The summed E-state index contributed by atoms with van der Waals surface area (Å²) in [5.74, 6) is 3.85. The third kappa shape index (κ3) is 5.34. The molecule has 3 aromatic rings. The van der Waals surface area contributed by atoms with Crippen LogP contribution in [0.15, 0.2) is 48.5 Å². The Morgan fingerprint density at radius 2 is 1.80 bits per heavy atom. The molecule has 3 rings (SSSR count). The van der Waals surface area contributed by atoms with E-state index in [-0.39, 0.29) is 5.91 Å². The van der Waals surface area contributed by atoms with E-state index < -0.39 is 0 Å². The van der Waals surface area contributed by atoms with Gasteiger partial charge in [-0.2, -0.15) is 0 Å². The molecule has 0 saturated heterocycles. The molecule has 0 saturated carbocycles. The molecule has 0 aliphatic rings. The molecular formula is C24H27N5O. The largest absolute Gasteiger partial charge is 0.369 e. The minimum absolute atomic E-state index is 0.101. The summed E-state index contributed by atoms with van der Waals surface area (Å²) in [4.78, 5) is 25.9. The Kier molecular flexibility index (Phi) is 6.99. The van der Waals surface area contributed by atoms with E-state index in [0.29, 0.717) is 17.9 Å². The van der Waals surface area contributed by atoms with Crippen molar-refractivity contribution in [2.24, 2.45) is 0 Å². The quantitative estimate of drug-likeness (QED) is 0.464. The Hall–Kier alpha value is -3.43. The topological polar surface area (TPSA) is 61.4 Å². The number of amides is 1. The highest BCUT2D eigenvalue weighted by Gasteiger charge is 2.15. The molecule has 1 amide bonds. The van der Waals surface area contributed by atoms with Crippen molar-refractivity contribution in [2.75, 3.05) is 39.5 Å². The Morgan fingerprint density at radius 3 is 2.50 bits per heavy atom. The first kappa shape index (κ1) is 21.3. The Labute approximate surface area is 177 Å². The number of rotatable bonds is 8. The minimum atomic E-state index is -0.101. The van der Waals surface area contributed by atoms with Crippen LogP contribution in [0, 0.1) is 12.3 Å². The van der Waals surface area contributed by atoms with Crippen molar-refractivity contribution in [3.63, 3.8) is 0 Å². The van der Waals surface area contributed by atoms with E-state index >= 15 is 0 Å². The number of para-hydroxylation sites is 1. The fourth-order valence-corrected chi connectivity index (χ4v) is 3.15. The average molecular weight is 402 g/mol. The van der Waals surface area contributed by atoms with E-state index in [1.54, 1.807) is 36.2 Å². The zero-order valence-electron chi connectivity index (χ0n) is 17.7. The maximum atomic E-state index is 12.8. The summed E-state index contributed by atoms with van der Waals surface area (Å²) in [5, 5.41) is 4.41. The van der Waals surface area contributed by atoms with E-state index in [9.17, 15) is 4.79 Å². The van der Waals surface area contributed by atoms with E-state index in [4.69, 9.17) is 11.4 Å². The second-order valence-electron chi connectivity index (χ2n) is 7.47. The van der Waals surface area contributed by atoms with Gasteiger partial charge in [-0.1, -0.05) is 18.1 Å². The zero-order valence-corrected chi connectivity index (χ0v) is 17.7. The minimum Gasteiger partial charge on any atom is -0.369 e. The van der Waals surface area contributed by atoms with Gasteiger partial charge in [0.05, 0.1) is 12.1 Å². The lowest BCUT2D eigenvalue weighted by molar-refractivity contribution is 0.0781. The van der Waals surface area contributed by atoms with Crippen LogP contribution in [0.5, 0.6) is 0 Å². The number of benzene rings is 2. The van der Waals surface area contributed by atoms with Crippen molar-refractivity contribution in [1.82, 2.24) is 19.8 Å². The van der Waals surface area contributed by atoms with Crippen molar-refractivity contribution in [2.45, 2.75) is 13.0 Å².